The third-order valence-corrected chi connectivity index (χ3v) is 5.28. The number of ether oxygens (including phenoxy) is 4. The zero-order chi connectivity index (χ0) is 27.5. The first-order chi connectivity index (χ1) is 17.5. The zero-order valence-electron chi connectivity index (χ0n) is 20.6. The van der Waals surface area contributed by atoms with Crippen LogP contribution in [0.2, 0.25) is 0 Å². The number of nitrogens with one attached hydrogen (secondary N) is 2. The highest BCUT2D eigenvalue weighted by atomic mass is 16.6. The van der Waals surface area contributed by atoms with Crippen LogP contribution in [-0.2, 0) is 49.5 Å². The number of esters is 2. The van der Waals surface area contributed by atoms with E-state index in [0.29, 0.717) is 0 Å². The Morgan fingerprint density at radius 3 is 2.27 bits per heavy atom. The molecule has 1 saturated heterocycles. The van der Waals surface area contributed by atoms with Crippen molar-refractivity contribution >= 4 is 29.7 Å². The number of rotatable bonds is 12. The molecule has 1 aliphatic heterocycles. The molecule has 0 aliphatic carbocycles. The SMILES string of the molecule is C=CC(=O)N[C@@H](CC(=O)N[C@@H]1O[C@H](COCc2ccccc2)[C@@H](OC(C)=O)[C@H](OC(C)=O)[C@H]1N)C(N)=O. The molecule has 3 amide bonds. The van der Waals surface area contributed by atoms with Crippen molar-refractivity contribution in [2.45, 2.75) is 63.5 Å². The van der Waals surface area contributed by atoms with Gasteiger partial charge in [-0.05, 0) is 11.6 Å². The van der Waals surface area contributed by atoms with Gasteiger partial charge in [-0.15, -0.1) is 0 Å². The molecule has 6 N–H and O–H groups in total. The summed E-state index contributed by atoms with van der Waals surface area (Å²) in [7, 11) is 0. The van der Waals surface area contributed by atoms with Crippen LogP contribution in [0.15, 0.2) is 43.0 Å². The molecular formula is C24H32N4O9. The van der Waals surface area contributed by atoms with Gasteiger partial charge in [-0.3, -0.25) is 24.0 Å². The molecule has 1 aromatic carbocycles. The Balaban J connectivity index is 2.19. The van der Waals surface area contributed by atoms with Gasteiger partial charge in [0.15, 0.2) is 12.2 Å². The predicted octanol–water partition coefficient (Wildman–Crippen LogP) is -1.22. The van der Waals surface area contributed by atoms with Gasteiger partial charge in [0.2, 0.25) is 17.7 Å². The topological polar surface area (TPSA) is 198 Å². The van der Waals surface area contributed by atoms with E-state index in [1.165, 1.54) is 6.92 Å². The maximum atomic E-state index is 12.7. The molecule has 6 atom stereocenters. The van der Waals surface area contributed by atoms with Crippen LogP contribution in [0, 0.1) is 0 Å². The summed E-state index contributed by atoms with van der Waals surface area (Å²) in [5.41, 5.74) is 12.4. The van der Waals surface area contributed by atoms with Gasteiger partial charge in [-0.25, -0.2) is 0 Å². The van der Waals surface area contributed by atoms with Gasteiger partial charge >= 0.3 is 11.9 Å². The summed E-state index contributed by atoms with van der Waals surface area (Å²) >= 11 is 0. The average Bonchev–Trinajstić information content (AvgIpc) is 2.83. The number of nitrogens with two attached hydrogens (primary N) is 2. The first-order valence-electron chi connectivity index (χ1n) is 11.4. The Labute approximate surface area is 213 Å². The Kier molecular flexibility index (Phi) is 11.2. The van der Waals surface area contributed by atoms with Crippen LogP contribution < -0.4 is 22.1 Å². The fourth-order valence-electron chi connectivity index (χ4n) is 3.62. The zero-order valence-corrected chi connectivity index (χ0v) is 20.6. The van der Waals surface area contributed by atoms with Crippen LogP contribution in [0.4, 0.5) is 0 Å². The van der Waals surface area contributed by atoms with Crippen molar-refractivity contribution in [1.82, 2.24) is 10.6 Å². The number of carbonyl (C=O) groups is 5. The third kappa shape index (κ3) is 9.29. The van der Waals surface area contributed by atoms with E-state index in [9.17, 15) is 24.0 Å². The molecule has 37 heavy (non-hydrogen) atoms. The second kappa shape index (κ2) is 14.1. The van der Waals surface area contributed by atoms with Gasteiger partial charge in [-0.2, -0.15) is 0 Å². The minimum atomic E-state index is -1.33. The van der Waals surface area contributed by atoms with Gasteiger partial charge in [0.1, 0.15) is 18.4 Å². The molecule has 0 radical (unpaired) electrons. The quantitative estimate of drug-likeness (QED) is 0.191. The summed E-state index contributed by atoms with van der Waals surface area (Å²) in [5, 5.41) is 4.75. The summed E-state index contributed by atoms with van der Waals surface area (Å²) in [6.45, 7) is 5.70. The Morgan fingerprint density at radius 1 is 1.08 bits per heavy atom. The van der Waals surface area contributed by atoms with E-state index in [-0.39, 0.29) is 13.2 Å². The molecule has 0 aromatic heterocycles. The molecule has 0 bridgehead atoms. The molecule has 0 spiro atoms. The van der Waals surface area contributed by atoms with Crippen LogP contribution in [0.3, 0.4) is 0 Å². The highest BCUT2D eigenvalue weighted by Crippen LogP contribution is 2.25. The molecule has 1 fully saturated rings. The predicted molar refractivity (Wildman–Crippen MR) is 128 cm³/mol. The minimum absolute atomic E-state index is 0.108. The fourth-order valence-corrected chi connectivity index (χ4v) is 3.62. The lowest BCUT2D eigenvalue weighted by Gasteiger charge is -2.44. The number of hydrogen-bond donors (Lipinski definition) is 4. The molecular weight excluding hydrogens is 488 g/mol. The fraction of sp³-hybridized carbons (Fsp3) is 0.458. The van der Waals surface area contributed by atoms with Crippen molar-refractivity contribution in [1.29, 1.82) is 0 Å². The highest BCUT2D eigenvalue weighted by Gasteiger charge is 2.49. The normalized spacial score (nSPS) is 23.7. The molecule has 13 nitrogen and oxygen atoms in total. The summed E-state index contributed by atoms with van der Waals surface area (Å²) in [5.74, 6) is -3.76. The molecule has 1 aliphatic rings. The Bertz CT molecular complexity index is 988. The van der Waals surface area contributed by atoms with Crippen molar-refractivity contribution in [2.24, 2.45) is 11.5 Å². The van der Waals surface area contributed by atoms with Crippen LogP contribution in [0.1, 0.15) is 25.8 Å². The summed E-state index contributed by atoms with van der Waals surface area (Å²) in [4.78, 5) is 59.5. The number of carbonyl (C=O) groups excluding carboxylic acids is 5. The van der Waals surface area contributed by atoms with E-state index in [2.05, 4.69) is 17.2 Å². The number of amides is 3. The van der Waals surface area contributed by atoms with Gasteiger partial charge < -0.3 is 41.0 Å². The molecule has 13 heteroatoms. The second-order valence-corrected chi connectivity index (χ2v) is 8.26. The van der Waals surface area contributed by atoms with Gasteiger partial charge in [-0.1, -0.05) is 36.9 Å². The highest BCUT2D eigenvalue weighted by molar-refractivity contribution is 5.94. The van der Waals surface area contributed by atoms with Crippen LogP contribution in [-0.4, -0.2) is 72.9 Å². The van der Waals surface area contributed by atoms with Gasteiger partial charge in [0.25, 0.3) is 0 Å². The maximum Gasteiger partial charge on any atom is 0.303 e. The van der Waals surface area contributed by atoms with Crippen molar-refractivity contribution in [3.63, 3.8) is 0 Å². The summed E-state index contributed by atoms with van der Waals surface area (Å²) < 4.78 is 22.3. The maximum absolute atomic E-state index is 12.7. The third-order valence-electron chi connectivity index (χ3n) is 5.28. The lowest BCUT2D eigenvalue weighted by atomic mass is 9.95. The lowest BCUT2D eigenvalue weighted by Crippen LogP contribution is -2.68. The van der Waals surface area contributed by atoms with Crippen molar-refractivity contribution in [3.05, 3.63) is 48.6 Å². The number of primary amides is 1. The van der Waals surface area contributed by atoms with E-state index < -0.39 is 72.7 Å². The first kappa shape index (κ1) is 29.4. The molecule has 202 valence electrons. The molecule has 1 aromatic rings. The molecule has 0 unspecified atom stereocenters. The number of hydrogen-bond acceptors (Lipinski definition) is 10. The molecule has 0 saturated carbocycles. The largest absolute Gasteiger partial charge is 0.457 e. The lowest BCUT2D eigenvalue weighted by molar-refractivity contribution is -0.225. The molecule has 2 rings (SSSR count). The second-order valence-electron chi connectivity index (χ2n) is 8.26. The van der Waals surface area contributed by atoms with Gasteiger partial charge in [0, 0.05) is 13.8 Å². The minimum Gasteiger partial charge on any atom is -0.457 e. The Hall–Kier alpha value is -3.81. The van der Waals surface area contributed by atoms with Crippen LogP contribution in [0.25, 0.3) is 0 Å². The standard InChI is InChI=1S/C24H32N4O9/c1-4-18(31)27-16(23(26)33)10-19(32)28-24-20(25)22(36-14(3)30)21(35-13(2)29)17(37-24)12-34-11-15-8-6-5-7-9-15/h4-9,16-17,20-22,24H,1,10-12,25H2,2-3H3,(H2,26,33)(H,27,31)(H,28,32)/t16-,17+,20+,21+,22+,24+/m0/s1. The van der Waals surface area contributed by atoms with E-state index >= 15 is 0 Å². The van der Waals surface area contributed by atoms with E-state index in [0.717, 1.165) is 18.6 Å². The van der Waals surface area contributed by atoms with E-state index in [1.807, 2.05) is 30.3 Å². The summed E-state index contributed by atoms with van der Waals surface area (Å²) in [6, 6.07) is 6.75. The number of benzene rings is 1. The Morgan fingerprint density at radius 2 is 1.70 bits per heavy atom. The monoisotopic (exact) mass is 520 g/mol. The van der Waals surface area contributed by atoms with Crippen LogP contribution >= 0.6 is 0 Å². The van der Waals surface area contributed by atoms with E-state index in [4.69, 9.17) is 30.4 Å². The first-order valence-corrected chi connectivity index (χ1v) is 11.4. The smallest absolute Gasteiger partial charge is 0.303 e. The molecule has 1 heterocycles. The van der Waals surface area contributed by atoms with Gasteiger partial charge in [0.05, 0.1) is 25.7 Å². The van der Waals surface area contributed by atoms with Crippen molar-refractivity contribution in [2.75, 3.05) is 6.61 Å². The van der Waals surface area contributed by atoms with E-state index in [1.54, 1.807) is 0 Å². The van der Waals surface area contributed by atoms with Crippen LogP contribution in [0.5, 0.6) is 0 Å². The van der Waals surface area contributed by atoms with Crippen molar-refractivity contribution < 1.29 is 42.9 Å². The average molecular weight is 521 g/mol. The van der Waals surface area contributed by atoms with Crippen molar-refractivity contribution in [3.8, 4) is 0 Å². The summed E-state index contributed by atoms with van der Waals surface area (Å²) in [6.07, 6.45) is -4.16.